The van der Waals surface area contributed by atoms with E-state index >= 15 is 0 Å². The van der Waals surface area contributed by atoms with Gasteiger partial charge in [0.2, 0.25) is 0 Å². The largest absolute Gasteiger partial charge is 0.399 e. The molecule has 3 N–H and O–H groups in total. The summed E-state index contributed by atoms with van der Waals surface area (Å²) in [4.78, 5) is 4.55. The zero-order chi connectivity index (χ0) is 13.4. The molecule has 4 heteroatoms. The molecule has 0 atom stereocenters. The number of aryl methyl sites for hydroxylation is 2. The first-order valence-electron chi connectivity index (χ1n) is 6.12. The first-order chi connectivity index (χ1) is 9.11. The second-order valence-electron chi connectivity index (χ2n) is 4.67. The number of nitrogen functional groups attached to an aromatic ring is 1. The number of aromatic nitrogens is 1. The number of nitrogens with zero attached hydrogens (tertiary/aromatic N) is 1. The summed E-state index contributed by atoms with van der Waals surface area (Å²) in [5.41, 5.74) is 11.2. The Balaban J connectivity index is 1.94. The summed E-state index contributed by atoms with van der Waals surface area (Å²) < 4.78 is 1.10. The predicted octanol–water partition coefficient (Wildman–Crippen LogP) is 4.24. The lowest BCUT2D eigenvalue weighted by Gasteiger charge is -2.05. The lowest BCUT2D eigenvalue weighted by molar-refractivity contribution is 1.33. The van der Waals surface area contributed by atoms with Crippen LogP contribution < -0.4 is 11.1 Å². The van der Waals surface area contributed by atoms with E-state index in [2.05, 4.69) is 42.3 Å². The Hall–Kier alpha value is -2.07. The minimum atomic E-state index is 0.772. The Morgan fingerprint density at radius 1 is 1.05 bits per heavy atom. The Morgan fingerprint density at radius 3 is 2.68 bits per heavy atom. The molecule has 0 unspecified atom stereocenters. The molecule has 0 fully saturated rings. The normalized spacial score (nSPS) is 10.8. The van der Waals surface area contributed by atoms with E-state index in [1.54, 1.807) is 11.3 Å². The molecule has 0 spiro atoms. The molecule has 0 aliphatic rings. The maximum absolute atomic E-state index is 5.78. The number of benzene rings is 2. The van der Waals surface area contributed by atoms with Gasteiger partial charge in [-0.3, -0.25) is 0 Å². The molecule has 0 aliphatic heterocycles. The van der Waals surface area contributed by atoms with Crippen molar-refractivity contribution in [2.24, 2.45) is 0 Å². The molecular formula is C15H15N3S. The summed E-state index contributed by atoms with van der Waals surface area (Å²) >= 11 is 1.61. The zero-order valence-corrected chi connectivity index (χ0v) is 11.7. The van der Waals surface area contributed by atoms with E-state index in [0.717, 1.165) is 26.7 Å². The van der Waals surface area contributed by atoms with E-state index in [4.69, 9.17) is 5.73 Å². The van der Waals surface area contributed by atoms with Crippen molar-refractivity contribution in [1.82, 2.24) is 4.98 Å². The van der Waals surface area contributed by atoms with Crippen LogP contribution in [-0.2, 0) is 0 Å². The standard InChI is InChI=1S/C15H15N3S/c1-9-3-5-12(7-10(9)2)17-15-18-13-6-4-11(16)8-14(13)19-15/h3-8H,16H2,1-2H3,(H,17,18). The van der Waals surface area contributed by atoms with Crippen molar-refractivity contribution in [3.05, 3.63) is 47.5 Å². The molecule has 0 saturated heterocycles. The van der Waals surface area contributed by atoms with E-state index in [-0.39, 0.29) is 0 Å². The second kappa shape index (κ2) is 4.55. The van der Waals surface area contributed by atoms with Crippen molar-refractivity contribution in [2.45, 2.75) is 13.8 Å². The van der Waals surface area contributed by atoms with E-state index in [9.17, 15) is 0 Å². The summed E-state index contributed by atoms with van der Waals surface area (Å²) in [5.74, 6) is 0. The average molecular weight is 269 g/mol. The van der Waals surface area contributed by atoms with Gasteiger partial charge in [0.15, 0.2) is 5.13 Å². The summed E-state index contributed by atoms with van der Waals surface area (Å²) in [6, 6.07) is 12.1. The molecule has 1 heterocycles. The third kappa shape index (κ3) is 2.39. The monoisotopic (exact) mass is 269 g/mol. The SMILES string of the molecule is Cc1ccc(Nc2nc3ccc(N)cc3s2)cc1C. The third-order valence-electron chi connectivity index (χ3n) is 3.17. The number of thiazole rings is 1. The second-order valence-corrected chi connectivity index (χ2v) is 5.70. The molecule has 1 aromatic heterocycles. The molecule has 0 radical (unpaired) electrons. The van der Waals surface area contributed by atoms with Gasteiger partial charge in [0.25, 0.3) is 0 Å². The Labute approximate surface area is 116 Å². The number of nitrogens with two attached hydrogens (primary N) is 1. The lowest BCUT2D eigenvalue weighted by Crippen LogP contribution is -1.90. The molecule has 2 aromatic carbocycles. The molecule has 19 heavy (non-hydrogen) atoms. The smallest absolute Gasteiger partial charge is 0.188 e. The van der Waals surface area contributed by atoms with Crippen LogP contribution in [0.25, 0.3) is 10.2 Å². The van der Waals surface area contributed by atoms with Crippen LogP contribution in [0.4, 0.5) is 16.5 Å². The fraction of sp³-hybridized carbons (Fsp3) is 0.133. The van der Waals surface area contributed by atoms with Crippen molar-refractivity contribution >= 4 is 38.1 Å². The van der Waals surface area contributed by atoms with Crippen LogP contribution in [-0.4, -0.2) is 4.98 Å². The fourth-order valence-electron chi connectivity index (χ4n) is 1.94. The number of nitrogens with one attached hydrogen (secondary N) is 1. The van der Waals surface area contributed by atoms with Gasteiger partial charge < -0.3 is 11.1 Å². The number of hydrogen-bond donors (Lipinski definition) is 2. The first-order valence-corrected chi connectivity index (χ1v) is 6.94. The van der Waals surface area contributed by atoms with Crippen molar-refractivity contribution in [2.75, 3.05) is 11.1 Å². The van der Waals surface area contributed by atoms with Crippen molar-refractivity contribution in [1.29, 1.82) is 0 Å². The van der Waals surface area contributed by atoms with Gasteiger partial charge in [-0.05, 0) is 55.3 Å². The van der Waals surface area contributed by atoms with Crippen molar-refractivity contribution < 1.29 is 0 Å². The van der Waals surface area contributed by atoms with Crippen LogP contribution in [0, 0.1) is 13.8 Å². The predicted molar refractivity (Wildman–Crippen MR) is 83.2 cm³/mol. The number of rotatable bonds is 2. The van der Waals surface area contributed by atoms with Crippen LogP contribution >= 0.6 is 11.3 Å². The minimum Gasteiger partial charge on any atom is -0.399 e. The number of fused-ring (bicyclic) bond motifs is 1. The highest BCUT2D eigenvalue weighted by Crippen LogP contribution is 2.30. The molecule has 0 bridgehead atoms. The molecule has 0 aliphatic carbocycles. The van der Waals surface area contributed by atoms with Crippen molar-refractivity contribution in [3.8, 4) is 0 Å². The minimum absolute atomic E-state index is 0.772. The highest BCUT2D eigenvalue weighted by Gasteiger charge is 2.05. The molecule has 3 nitrogen and oxygen atoms in total. The molecular weight excluding hydrogens is 254 g/mol. The molecule has 0 amide bonds. The number of anilines is 3. The van der Waals surface area contributed by atoms with Gasteiger partial charge in [-0.15, -0.1) is 0 Å². The van der Waals surface area contributed by atoms with Crippen LogP contribution in [0.5, 0.6) is 0 Å². The summed E-state index contributed by atoms with van der Waals surface area (Å²) in [6.07, 6.45) is 0. The fourth-order valence-corrected chi connectivity index (χ4v) is 2.87. The van der Waals surface area contributed by atoms with E-state index < -0.39 is 0 Å². The topological polar surface area (TPSA) is 50.9 Å². The lowest BCUT2D eigenvalue weighted by atomic mass is 10.1. The molecule has 3 rings (SSSR count). The highest BCUT2D eigenvalue weighted by atomic mass is 32.1. The van der Waals surface area contributed by atoms with E-state index in [0.29, 0.717) is 0 Å². The summed E-state index contributed by atoms with van der Waals surface area (Å²) in [7, 11) is 0. The van der Waals surface area contributed by atoms with Gasteiger partial charge in [0, 0.05) is 11.4 Å². The van der Waals surface area contributed by atoms with Crippen LogP contribution in [0.1, 0.15) is 11.1 Å². The molecule has 0 saturated carbocycles. The van der Waals surface area contributed by atoms with Crippen molar-refractivity contribution in [3.63, 3.8) is 0 Å². The average Bonchev–Trinajstić information content (AvgIpc) is 2.75. The van der Waals surface area contributed by atoms with Crippen LogP contribution in [0.15, 0.2) is 36.4 Å². The highest BCUT2D eigenvalue weighted by molar-refractivity contribution is 7.22. The first kappa shape index (κ1) is 12.0. The van der Waals surface area contributed by atoms with E-state index in [1.807, 2.05) is 18.2 Å². The summed E-state index contributed by atoms with van der Waals surface area (Å²) in [6.45, 7) is 4.22. The number of hydrogen-bond acceptors (Lipinski definition) is 4. The Morgan fingerprint density at radius 2 is 1.89 bits per heavy atom. The van der Waals surface area contributed by atoms with Gasteiger partial charge in [-0.1, -0.05) is 17.4 Å². The van der Waals surface area contributed by atoms with Gasteiger partial charge >= 0.3 is 0 Å². The van der Waals surface area contributed by atoms with Gasteiger partial charge in [-0.2, -0.15) is 0 Å². The Bertz CT molecular complexity index is 746. The summed E-state index contributed by atoms with van der Waals surface area (Å²) in [5, 5.41) is 4.24. The Kier molecular flexibility index (Phi) is 2.87. The maximum atomic E-state index is 5.78. The zero-order valence-electron chi connectivity index (χ0n) is 10.9. The van der Waals surface area contributed by atoms with Crippen LogP contribution in [0.3, 0.4) is 0 Å². The van der Waals surface area contributed by atoms with Gasteiger partial charge in [0.05, 0.1) is 10.2 Å². The maximum Gasteiger partial charge on any atom is 0.188 e. The van der Waals surface area contributed by atoms with Crippen LogP contribution in [0.2, 0.25) is 0 Å². The third-order valence-corrected chi connectivity index (χ3v) is 4.10. The molecule has 96 valence electrons. The van der Waals surface area contributed by atoms with Gasteiger partial charge in [0.1, 0.15) is 0 Å². The van der Waals surface area contributed by atoms with Gasteiger partial charge in [-0.25, -0.2) is 4.98 Å². The molecule has 3 aromatic rings. The van der Waals surface area contributed by atoms with E-state index in [1.165, 1.54) is 11.1 Å². The quantitative estimate of drug-likeness (QED) is 0.684.